The van der Waals surface area contributed by atoms with Gasteiger partial charge in [-0.15, -0.1) is 0 Å². The van der Waals surface area contributed by atoms with Gasteiger partial charge < -0.3 is 10.2 Å². The summed E-state index contributed by atoms with van der Waals surface area (Å²) in [5.74, 6) is -1.35. The van der Waals surface area contributed by atoms with Crippen LogP contribution in [0, 0.1) is 22.7 Å². The Morgan fingerprint density at radius 3 is 2.65 bits per heavy atom. The molecule has 1 atom stereocenters. The lowest BCUT2D eigenvalue weighted by atomic mass is 9.96. The molecule has 0 aliphatic rings. The number of carbonyl (C=O) groups is 1. The monoisotopic (exact) mass is 230 g/mol. The molecule has 1 unspecified atom stereocenters. The maximum absolute atomic E-state index is 10.7. The quantitative estimate of drug-likeness (QED) is 0.806. The highest BCUT2D eigenvalue weighted by Crippen LogP contribution is 2.21. The second-order valence-electron chi connectivity index (χ2n) is 3.42. The summed E-state index contributed by atoms with van der Waals surface area (Å²) in [7, 11) is 0. The fourth-order valence-electron chi connectivity index (χ4n) is 1.48. The number of hydrogen-bond acceptors (Lipinski definition) is 4. The van der Waals surface area contributed by atoms with Gasteiger partial charge in [0, 0.05) is 6.42 Å². The maximum Gasteiger partial charge on any atom is 0.337 e. The van der Waals surface area contributed by atoms with Crippen molar-refractivity contribution in [3.05, 3.63) is 34.9 Å². The maximum atomic E-state index is 10.7. The van der Waals surface area contributed by atoms with Gasteiger partial charge in [-0.2, -0.15) is 10.5 Å². The zero-order valence-electron chi connectivity index (χ0n) is 8.92. The fourth-order valence-corrected chi connectivity index (χ4v) is 1.48. The van der Waals surface area contributed by atoms with E-state index in [0.29, 0.717) is 17.5 Å². The molecule has 5 nitrogen and oxygen atoms in total. The summed E-state index contributed by atoms with van der Waals surface area (Å²) < 4.78 is 0. The van der Waals surface area contributed by atoms with Gasteiger partial charge in [0.25, 0.3) is 0 Å². The predicted molar refractivity (Wildman–Crippen MR) is 57.7 cm³/mol. The molecule has 0 aliphatic heterocycles. The van der Waals surface area contributed by atoms with Crippen molar-refractivity contribution in [2.45, 2.75) is 18.9 Å². The van der Waals surface area contributed by atoms with E-state index in [2.05, 4.69) is 0 Å². The lowest BCUT2D eigenvalue weighted by Crippen LogP contribution is -2.13. The van der Waals surface area contributed by atoms with Crippen molar-refractivity contribution in [2.24, 2.45) is 0 Å². The van der Waals surface area contributed by atoms with E-state index in [-0.39, 0.29) is 12.0 Å². The van der Waals surface area contributed by atoms with Crippen molar-refractivity contribution in [1.29, 1.82) is 10.5 Å². The Morgan fingerprint density at radius 1 is 1.41 bits per heavy atom. The van der Waals surface area contributed by atoms with Gasteiger partial charge in [0.1, 0.15) is 0 Å². The van der Waals surface area contributed by atoms with Crippen molar-refractivity contribution < 1.29 is 15.0 Å². The zero-order chi connectivity index (χ0) is 12.8. The third-order valence-electron chi connectivity index (χ3n) is 2.31. The van der Waals surface area contributed by atoms with Crippen LogP contribution >= 0.6 is 0 Å². The molecule has 0 saturated carbocycles. The van der Waals surface area contributed by atoms with Crippen LogP contribution < -0.4 is 0 Å². The molecule has 0 heterocycles. The number of aliphatic hydroxyl groups excluding tert-OH is 1. The molecule has 17 heavy (non-hydrogen) atoms. The molecule has 2 N–H and O–H groups in total. The van der Waals surface area contributed by atoms with E-state index in [0.717, 1.165) is 0 Å². The van der Waals surface area contributed by atoms with Crippen molar-refractivity contribution in [1.82, 2.24) is 0 Å². The van der Waals surface area contributed by atoms with E-state index in [1.807, 2.05) is 12.1 Å². The third kappa shape index (κ3) is 3.04. The van der Waals surface area contributed by atoms with E-state index < -0.39 is 12.1 Å². The van der Waals surface area contributed by atoms with Crippen LogP contribution in [0.4, 0.5) is 0 Å². The molecule has 5 heteroatoms. The van der Waals surface area contributed by atoms with E-state index in [1.54, 1.807) is 0 Å². The van der Waals surface area contributed by atoms with Gasteiger partial charge in [0.15, 0.2) is 6.10 Å². The standard InChI is InChI=1S/C12H10N2O3/c13-5-1-2-9-6-8(7-14)3-4-10(9)11(15)12(16)17/h3-4,6,11,15H,1-2H2,(H,16,17). The Hall–Kier alpha value is -2.37. The van der Waals surface area contributed by atoms with Crippen LogP contribution in [0.15, 0.2) is 18.2 Å². The van der Waals surface area contributed by atoms with E-state index in [9.17, 15) is 9.90 Å². The SMILES string of the molecule is N#CCCc1cc(C#N)ccc1C(O)C(=O)O. The molecule has 0 fully saturated rings. The van der Waals surface area contributed by atoms with Crippen molar-refractivity contribution >= 4 is 5.97 Å². The molecular weight excluding hydrogens is 220 g/mol. The van der Waals surface area contributed by atoms with E-state index in [1.165, 1.54) is 18.2 Å². The molecule has 86 valence electrons. The van der Waals surface area contributed by atoms with Crippen molar-refractivity contribution in [3.8, 4) is 12.1 Å². The van der Waals surface area contributed by atoms with Gasteiger partial charge in [-0.3, -0.25) is 0 Å². The topological polar surface area (TPSA) is 105 Å². The highest BCUT2D eigenvalue weighted by Gasteiger charge is 2.19. The normalized spacial score (nSPS) is 11.2. The van der Waals surface area contributed by atoms with Crippen LogP contribution in [0.3, 0.4) is 0 Å². The number of nitrogens with zero attached hydrogens (tertiary/aromatic N) is 2. The lowest BCUT2D eigenvalue weighted by Gasteiger charge is -2.11. The molecule has 0 bridgehead atoms. The van der Waals surface area contributed by atoms with Gasteiger partial charge in [-0.05, 0) is 29.7 Å². The number of hydrogen-bond donors (Lipinski definition) is 2. The molecule has 1 rings (SSSR count). The lowest BCUT2D eigenvalue weighted by molar-refractivity contribution is -0.147. The Bertz CT molecular complexity index is 511. The smallest absolute Gasteiger partial charge is 0.337 e. The minimum atomic E-state index is -1.63. The van der Waals surface area contributed by atoms with Gasteiger partial charge in [0.05, 0.1) is 17.7 Å². The second kappa shape index (κ2) is 5.64. The van der Waals surface area contributed by atoms with Crippen LogP contribution in [0.1, 0.15) is 29.2 Å². The molecule has 0 saturated heterocycles. The van der Waals surface area contributed by atoms with Crippen LogP contribution in [0.25, 0.3) is 0 Å². The van der Waals surface area contributed by atoms with Gasteiger partial charge in [-0.1, -0.05) is 6.07 Å². The molecule has 1 aromatic carbocycles. The number of aliphatic carboxylic acids is 1. The van der Waals surface area contributed by atoms with E-state index >= 15 is 0 Å². The molecule has 0 spiro atoms. The minimum absolute atomic E-state index is 0.203. The molecule has 1 aromatic rings. The highest BCUT2D eigenvalue weighted by molar-refractivity contribution is 5.74. The number of carboxylic acids is 1. The van der Waals surface area contributed by atoms with Crippen LogP contribution in [-0.2, 0) is 11.2 Å². The summed E-state index contributed by atoms with van der Waals surface area (Å²) in [5, 5.41) is 35.4. The first-order chi connectivity index (χ1) is 8.10. The van der Waals surface area contributed by atoms with Gasteiger partial charge in [-0.25, -0.2) is 4.79 Å². The first kappa shape index (κ1) is 12.7. The average molecular weight is 230 g/mol. The molecule has 0 aromatic heterocycles. The van der Waals surface area contributed by atoms with E-state index in [4.69, 9.17) is 15.6 Å². The summed E-state index contributed by atoms with van der Waals surface area (Å²) >= 11 is 0. The fraction of sp³-hybridized carbons (Fsp3) is 0.250. The summed E-state index contributed by atoms with van der Waals surface area (Å²) in [5.41, 5.74) is 1.12. The number of aliphatic hydroxyl groups is 1. The predicted octanol–water partition coefficient (Wildman–Crippen LogP) is 1.13. The summed E-state index contributed by atoms with van der Waals surface area (Å²) in [6.45, 7) is 0. The zero-order valence-corrected chi connectivity index (χ0v) is 8.92. The number of benzene rings is 1. The Kier molecular flexibility index (Phi) is 4.21. The average Bonchev–Trinajstić information content (AvgIpc) is 2.34. The number of rotatable bonds is 4. The molecular formula is C12H10N2O3. The van der Waals surface area contributed by atoms with Crippen LogP contribution in [-0.4, -0.2) is 16.2 Å². The second-order valence-corrected chi connectivity index (χ2v) is 3.42. The summed E-state index contributed by atoms with van der Waals surface area (Å²) in [6, 6.07) is 8.21. The molecule has 0 aliphatic carbocycles. The van der Waals surface area contributed by atoms with Crippen molar-refractivity contribution in [3.63, 3.8) is 0 Å². The van der Waals surface area contributed by atoms with Crippen LogP contribution in [0.5, 0.6) is 0 Å². The Labute approximate surface area is 98.2 Å². The molecule has 0 radical (unpaired) electrons. The largest absolute Gasteiger partial charge is 0.479 e. The van der Waals surface area contributed by atoms with Crippen LogP contribution in [0.2, 0.25) is 0 Å². The third-order valence-corrected chi connectivity index (χ3v) is 2.31. The number of nitriles is 2. The van der Waals surface area contributed by atoms with Gasteiger partial charge >= 0.3 is 5.97 Å². The Morgan fingerprint density at radius 2 is 2.12 bits per heavy atom. The van der Waals surface area contributed by atoms with Crippen molar-refractivity contribution in [2.75, 3.05) is 0 Å². The summed E-state index contributed by atoms with van der Waals surface area (Å²) in [6.07, 6.45) is -1.11. The first-order valence-corrected chi connectivity index (χ1v) is 4.91. The summed E-state index contributed by atoms with van der Waals surface area (Å²) in [4.78, 5) is 10.7. The van der Waals surface area contributed by atoms with Gasteiger partial charge in [0.2, 0.25) is 0 Å². The highest BCUT2D eigenvalue weighted by atomic mass is 16.4. The Balaban J connectivity index is 3.16. The first-order valence-electron chi connectivity index (χ1n) is 4.91. The molecule has 0 amide bonds. The number of carboxylic acid groups (broad SMARTS) is 1. The minimum Gasteiger partial charge on any atom is -0.479 e. The number of aryl methyl sites for hydroxylation is 1.